The number of hydrogen-bond donors (Lipinski definition) is 1. The van der Waals surface area contributed by atoms with E-state index in [0.717, 1.165) is 11.0 Å². The fraction of sp³-hybridized carbons (Fsp3) is 0.333. The number of nitrogens with zero attached hydrogens (tertiary/aromatic N) is 2. The van der Waals surface area contributed by atoms with Gasteiger partial charge in [-0.3, -0.25) is 4.79 Å². The van der Waals surface area contributed by atoms with Gasteiger partial charge in [-0.25, -0.2) is 14.1 Å². The monoisotopic (exact) mass is 252 g/mol. The summed E-state index contributed by atoms with van der Waals surface area (Å²) in [5.74, 6) is -1.53. The van der Waals surface area contributed by atoms with Crippen LogP contribution in [0.2, 0.25) is 0 Å². The first-order chi connectivity index (χ1) is 8.41. The standard InChI is InChI=1S/C12H13FN2O3/c1-7(2)14-6-11(17)15(12(14)18)10-4-3-8(16)5-9(10)13/h3-5,7,16H,6H2,1-2H3. The van der Waals surface area contributed by atoms with Gasteiger partial charge in [0.2, 0.25) is 0 Å². The number of amides is 3. The predicted octanol–water partition coefficient (Wildman–Crippen LogP) is 1.71. The van der Waals surface area contributed by atoms with E-state index < -0.39 is 17.8 Å². The number of benzene rings is 1. The average molecular weight is 252 g/mol. The van der Waals surface area contributed by atoms with E-state index in [9.17, 15) is 14.0 Å². The summed E-state index contributed by atoms with van der Waals surface area (Å²) in [5.41, 5.74) is -0.133. The zero-order valence-electron chi connectivity index (χ0n) is 10.1. The number of carbonyl (C=O) groups excluding carboxylic acids is 2. The first-order valence-corrected chi connectivity index (χ1v) is 5.54. The minimum Gasteiger partial charge on any atom is -0.508 e. The fourth-order valence-corrected chi connectivity index (χ4v) is 1.84. The topological polar surface area (TPSA) is 60.9 Å². The van der Waals surface area contributed by atoms with E-state index in [-0.39, 0.29) is 24.0 Å². The van der Waals surface area contributed by atoms with Crippen LogP contribution in [0.1, 0.15) is 13.8 Å². The molecule has 0 radical (unpaired) electrons. The van der Waals surface area contributed by atoms with Gasteiger partial charge in [0.15, 0.2) is 5.82 Å². The highest BCUT2D eigenvalue weighted by Gasteiger charge is 2.39. The normalized spacial score (nSPS) is 16.0. The summed E-state index contributed by atoms with van der Waals surface area (Å²) in [6, 6.07) is 2.64. The van der Waals surface area contributed by atoms with Crippen LogP contribution in [0.15, 0.2) is 18.2 Å². The Morgan fingerprint density at radius 3 is 2.50 bits per heavy atom. The Balaban J connectivity index is 2.39. The highest BCUT2D eigenvalue weighted by Crippen LogP contribution is 2.27. The maximum Gasteiger partial charge on any atom is 0.332 e. The minimum atomic E-state index is -0.803. The number of carbonyl (C=O) groups is 2. The zero-order valence-corrected chi connectivity index (χ0v) is 10.1. The Kier molecular flexibility index (Phi) is 2.94. The van der Waals surface area contributed by atoms with Crippen LogP contribution in [-0.2, 0) is 4.79 Å². The number of halogens is 1. The van der Waals surface area contributed by atoms with Crippen LogP contribution in [0.25, 0.3) is 0 Å². The van der Waals surface area contributed by atoms with E-state index in [0.29, 0.717) is 0 Å². The SMILES string of the molecule is CC(C)N1CC(=O)N(c2ccc(O)cc2F)C1=O. The second kappa shape index (κ2) is 4.29. The van der Waals surface area contributed by atoms with Gasteiger partial charge in [0.05, 0.1) is 5.69 Å². The largest absolute Gasteiger partial charge is 0.508 e. The van der Waals surface area contributed by atoms with Crippen molar-refractivity contribution in [3.05, 3.63) is 24.0 Å². The summed E-state index contributed by atoms with van der Waals surface area (Å²) in [5, 5.41) is 9.11. The van der Waals surface area contributed by atoms with Crippen LogP contribution in [0.5, 0.6) is 5.75 Å². The molecular weight excluding hydrogens is 239 g/mol. The molecular formula is C12H13FN2O3. The lowest BCUT2D eigenvalue weighted by atomic mass is 10.2. The molecule has 1 fully saturated rings. The van der Waals surface area contributed by atoms with E-state index in [1.807, 2.05) is 0 Å². The molecule has 0 saturated carbocycles. The van der Waals surface area contributed by atoms with Gasteiger partial charge in [-0.05, 0) is 26.0 Å². The molecule has 0 aromatic heterocycles. The summed E-state index contributed by atoms with van der Waals surface area (Å²) in [7, 11) is 0. The van der Waals surface area contributed by atoms with Crippen LogP contribution >= 0.6 is 0 Å². The second-order valence-corrected chi connectivity index (χ2v) is 4.37. The maximum atomic E-state index is 13.7. The molecule has 1 aliphatic rings. The van der Waals surface area contributed by atoms with E-state index in [1.165, 1.54) is 17.0 Å². The Labute approximate surface area is 103 Å². The van der Waals surface area contributed by atoms with Crippen LogP contribution in [0.3, 0.4) is 0 Å². The van der Waals surface area contributed by atoms with Crippen LogP contribution in [-0.4, -0.2) is 34.5 Å². The summed E-state index contributed by atoms with van der Waals surface area (Å²) in [6.07, 6.45) is 0. The lowest BCUT2D eigenvalue weighted by molar-refractivity contribution is -0.116. The lowest BCUT2D eigenvalue weighted by Gasteiger charge is -2.20. The summed E-state index contributed by atoms with van der Waals surface area (Å²) < 4.78 is 13.7. The van der Waals surface area contributed by atoms with Crippen LogP contribution in [0.4, 0.5) is 14.9 Å². The number of rotatable bonds is 2. The van der Waals surface area contributed by atoms with E-state index in [2.05, 4.69) is 0 Å². The van der Waals surface area contributed by atoms with Gasteiger partial charge in [-0.2, -0.15) is 0 Å². The molecule has 1 aliphatic heterocycles. The number of urea groups is 1. The highest BCUT2D eigenvalue weighted by molar-refractivity contribution is 6.19. The van der Waals surface area contributed by atoms with Crippen LogP contribution < -0.4 is 4.90 Å². The smallest absolute Gasteiger partial charge is 0.332 e. The molecule has 1 aromatic rings. The minimum absolute atomic E-state index is 0.0587. The Morgan fingerprint density at radius 2 is 2.00 bits per heavy atom. The molecule has 5 nitrogen and oxygen atoms in total. The van der Waals surface area contributed by atoms with Gasteiger partial charge in [-0.1, -0.05) is 0 Å². The molecule has 2 rings (SSSR count). The van der Waals surface area contributed by atoms with Crippen molar-refractivity contribution in [2.24, 2.45) is 0 Å². The van der Waals surface area contributed by atoms with Crippen molar-refractivity contribution in [2.75, 3.05) is 11.4 Å². The van der Waals surface area contributed by atoms with Crippen molar-refractivity contribution >= 4 is 17.6 Å². The third-order valence-electron chi connectivity index (χ3n) is 2.79. The van der Waals surface area contributed by atoms with Crippen molar-refractivity contribution in [3.63, 3.8) is 0 Å². The van der Waals surface area contributed by atoms with Crippen molar-refractivity contribution in [2.45, 2.75) is 19.9 Å². The van der Waals surface area contributed by atoms with Crippen molar-refractivity contribution in [3.8, 4) is 5.75 Å². The molecule has 0 aliphatic carbocycles. The maximum absolute atomic E-state index is 13.7. The summed E-state index contributed by atoms with van der Waals surface area (Å²) in [4.78, 5) is 25.9. The molecule has 18 heavy (non-hydrogen) atoms. The number of anilines is 1. The zero-order chi connectivity index (χ0) is 13.4. The third kappa shape index (κ3) is 1.90. The van der Waals surface area contributed by atoms with Gasteiger partial charge in [-0.15, -0.1) is 0 Å². The molecule has 0 bridgehead atoms. The summed E-state index contributed by atoms with van der Waals surface area (Å²) >= 11 is 0. The Morgan fingerprint density at radius 1 is 1.33 bits per heavy atom. The number of imide groups is 1. The lowest BCUT2D eigenvalue weighted by Crippen LogP contribution is -2.36. The number of phenols is 1. The van der Waals surface area contributed by atoms with Gasteiger partial charge < -0.3 is 10.0 Å². The van der Waals surface area contributed by atoms with Gasteiger partial charge >= 0.3 is 6.03 Å². The molecule has 0 atom stereocenters. The van der Waals surface area contributed by atoms with Crippen molar-refractivity contribution in [1.82, 2.24) is 4.90 Å². The van der Waals surface area contributed by atoms with Gasteiger partial charge in [0.1, 0.15) is 12.3 Å². The predicted molar refractivity (Wildman–Crippen MR) is 62.8 cm³/mol. The molecule has 0 unspecified atom stereocenters. The molecule has 96 valence electrons. The van der Waals surface area contributed by atoms with E-state index >= 15 is 0 Å². The Bertz CT molecular complexity index is 516. The molecule has 0 spiro atoms. The highest BCUT2D eigenvalue weighted by atomic mass is 19.1. The molecule has 1 saturated heterocycles. The molecule has 1 aromatic carbocycles. The summed E-state index contributed by atoms with van der Waals surface area (Å²) in [6.45, 7) is 3.50. The molecule has 1 N–H and O–H groups in total. The first-order valence-electron chi connectivity index (χ1n) is 5.54. The Hall–Kier alpha value is -2.11. The van der Waals surface area contributed by atoms with Gasteiger partial charge in [0, 0.05) is 12.1 Å². The van der Waals surface area contributed by atoms with Crippen molar-refractivity contribution < 1.29 is 19.1 Å². The van der Waals surface area contributed by atoms with E-state index in [1.54, 1.807) is 13.8 Å². The molecule has 6 heteroatoms. The van der Waals surface area contributed by atoms with Crippen LogP contribution in [0, 0.1) is 5.82 Å². The number of aromatic hydroxyl groups is 1. The average Bonchev–Trinajstić information content (AvgIpc) is 2.56. The first kappa shape index (κ1) is 12.3. The van der Waals surface area contributed by atoms with E-state index in [4.69, 9.17) is 5.11 Å². The second-order valence-electron chi connectivity index (χ2n) is 4.37. The van der Waals surface area contributed by atoms with Gasteiger partial charge in [0.25, 0.3) is 5.91 Å². The molecule has 1 heterocycles. The third-order valence-corrected chi connectivity index (χ3v) is 2.79. The quantitative estimate of drug-likeness (QED) is 0.815. The fourth-order valence-electron chi connectivity index (χ4n) is 1.84. The molecule has 3 amide bonds. The number of hydrogen-bond acceptors (Lipinski definition) is 3. The van der Waals surface area contributed by atoms with Crippen molar-refractivity contribution in [1.29, 1.82) is 0 Å². The number of phenolic OH excluding ortho intramolecular Hbond substituents is 1.